The number of hydrogen-bond donors (Lipinski definition) is 2. The van der Waals surface area contributed by atoms with Crippen molar-refractivity contribution in [2.24, 2.45) is 0 Å². The Morgan fingerprint density at radius 1 is 1.18 bits per heavy atom. The van der Waals surface area contributed by atoms with Gasteiger partial charge in [0.05, 0.1) is 12.2 Å². The zero-order chi connectivity index (χ0) is 13.0. The van der Waals surface area contributed by atoms with Crippen LogP contribution < -0.4 is 4.90 Å². The molecule has 2 N–H and O–H groups in total. The Morgan fingerprint density at radius 2 is 1.71 bits per heavy atom. The van der Waals surface area contributed by atoms with Crippen molar-refractivity contribution < 1.29 is 10.2 Å². The van der Waals surface area contributed by atoms with Gasteiger partial charge in [-0.2, -0.15) is 0 Å². The van der Waals surface area contributed by atoms with Gasteiger partial charge in [-0.3, -0.25) is 0 Å². The van der Waals surface area contributed by atoms with Gasteiger partial charge in [0.1, 0.15) is 0 Å². The van der Waals surface area contributed by atoms with Crippen LogP contribution >= 0.6 is 11.6 Å². The van der Waals surface area contributed by atoms with Crippen LogP contribution in [0.5, 0.6) is 0 Å². The molecule has 0 spiro atoms. The average Bonchev–Trinajstić information content (AvgIpc) is 2.19. The maximum atomic E-state index is 9.47. The summed E-state index contributed by atoms with van der Waals surface area (Å²) in [5, 5.41) is 19.7. The monoisotopic (exact) mass is 257 g/mol. The zero-order valence-corrected chi connectivity index (χ0v) is 11.3. The highest BCUT2D eigenvalue weighted by Crippen LogP contribution is 2.22. The summed E-state index contributed by atoms with van der Waals surface area (Å²) in [6, 6.07) is 5.70. The summed E-state index contributed by atoms with van der Waals surface area (Å²) in [5.41, 5.74) is 1.96. The van der Waals surface area contributed by atoms with Crippen molar-refractivity contribution in [3.05, 3.63) is 28.8 Å². The van der Waals surface area contributed by atoms with E-state index in [4.69, 9.17) is 11.6 Å². The summed E-state index contributed by atoms with van der Waals surface area (Å²) in [5.74, 6) is 0. The number of aliphatic hydroxyl groups is 2. The lowest BCUT2D eigenvalue weighted by Gasteiger charge is -2.27. The third-order valence-corrected chi connectivity index (χ3v) is 2.90. The Hall–Kier alpha value is -0.770. The molecular formula is C13H20ClNO2. The molecule has 0 saturated carbocycles. The Balaban J connectivity index is 2.91. The molecule has 4 heteroatoms. The number of nitrogens with zero attached hydrogens (tertiary/aromatic N) is 1. The van der Waals surface area contributed by atoms with E-state index < -0.39 is 12.2 Å². The molecule has 1 aromatic rings. The number of benzene rings is 1. The van der Waals surface area contributed by atoms with Crippen LogP contribution in [0.3, 0.4) is 0 Å². The molecular weight excluding hydrogens is 238 g/mol. The van der Waals surface area contributed by atoms with Gasteiger partial charge in [-0.25, -0.2) is 0 Å². The lowest BCUT2D eigenvalue weighted by atomic mass is 10.2. The summed E-state index contributed by atoms with van der Waals surface area (Å²) < 4.78 is 0. The normalized spacial score (nSPS) is 14.5. The minimum Gasteiger partial charge on any atom is -0.392 e. The molecule has 0 fully saturated rings. The number of hydrogen-bond acceptors (Lipinski definition) is 3. The van der Waals surface area contributed by atoms with Crippen LogP contribution in [0.25, 0.3) is 0 Å². The van der Waals surface area contributed by atoms with Gasteiger partial charge in [0, 0.05) is 23.8 Å². The van der Waals surface area contributed by atoms with Gasteiger partial charge in [-0.15, -0.1) is 0 Å². The smallest absolute Gasteiger partial charge is 0.0687 e. The topological polar surface area (TPSA) is 43.7 Å². The van der Waals surface area contributed by atoms with Crippen LogP contribution in [0.15, 0.2) is 18.2 Å². The molecule has 0 aliphatic carbocycles. The van der Waals surface area contributed by atoms with Gasteiger partial charge in [0.25, 0.3) is 0 Å². The lowest BCUT2D eigenvalue weighted by molar-refractivity contribution is 0.178. The van der Waals surface area contributed by atoms with Gasteiger partial charge < -0.3 is 15.1 Å². The van der Waals surface area contributed by atoms with E-state index in [-0.39, 0.29) is 0 Å². The molecule has 2 unspecified atom stereocenters. The molecule has 1 rings (SSSR count). The van der Waals surface area contributed by atoms with E-state index in [0.717, 1.165) is 16.3 Å². The Labute approximate surface area is 108 Å². The summed E-state index contributed by atoms with van der Waals surface area (Å²) in [7, 11) is 0. The van der Waals surface area contributed by atoms with Gasteiger partial charge in [-0.05, 0) is 44.5 Å². The second-order valence-corrected chi connectivity index (χ2v) is 4.94. The minimum atomic E-state index is -0.440. The van der Waals surface area contributed by atoms with Gasteiger partial charge in [0.15, 0.2) is 0 Å². The highest BCUT2D eigenvalue weighted by Gasteiger charge is 2.12. The summed E-state index contributed by atoms with van der Waals surface area (Å²) in [6.07, 6.45) is -0.880. The lowest BCUT2D eigenvalue weighted by Crippen LogP contribution is -2.36. The third-order valence-electron chi connectivity index (χ3n) is 2.48. The second-order valence-electron chi connectivity index (χ2n) is 4.54. The first kappa shape index (κ1) is 14.3. The van der Waals surface area contributed by atoms with Crippen molar-refractivity contribution in [1.29, 1.82) is 0 Å². The van der Waals surface area contributed by atoms with Crippen molar-refractivity contribution in [1.82, 2.24) is 0 Å². The molecule has 3 nitrogen and oxygen atoms in total. The van der Waals surface area contributed by atoms with E-state index in [1.54, 1.807) is 13.8 Å². The zero-order valence-electron chi connectivity index (χ0n) is 10.5. The molecule has 17 heavy (non-hydrogen) atoms. The van der Waals surface area contributed by atoms with E-state index in [9.17, 15) is 10.2 Å². The molecule has 1 aromatic carbocycles. The van der Waals surface area contributed by atoms with Crippen molar-refractivity contribution in [2.75, 3.05) is 18.0 Å². The molecule has 0 saturated heterocycles. The fraction of sp³-hybridized carbons (Fsp3) is 0.538. The van der Waals surface area contributed by atoms with Crippen LogP contribution in [-0.4, -0.2) is 35.5 Å². The minimum absolute atomic E-state index is 0.440. The summed E-state index contributed by atoms with van der Waals surface area (Å²) >= 11 is 5.98. The second kappa shape index (κ2) is 6.24. The van der Waals surface area contributed by atoms with E-state index in [2.05, 4.69) is 0 Å². The predicted molar refractivity (Wildman–Crippen MR) is 71.8 cm³/mol. The van der Waals surface area contributed by atoms with Gasteiger partial charge in [-0.1, -0.05) is 11.6 Å². The SMILES string of the molecule is Cc1cc(N(CC(C)O)CC(C)O)ccc1Cl. The maximum absolute atomic E-state index is 9.47. The predicted octanol–water partition coefficient (Wildman–Crippen LogP) is 2.22. The molecule has 0 aromatic heterocycles. The Kier molecular flexibility index (Phi) is 5.25. The largest absolute Gasteiger partial charge is 0.392 e. The fourth-order valence-electron chi connectivity index (χ4n) is 1.75. The number of halogens is 1. The standard InChI is InChI=1S/C13H20ClNO2/c1-9-6-12(4-5-13(9)14)15(7-10(2)16)8-11(3)17/h4-6,10-11,16-17H,7-8H2,1-3H3. The first-order chi connectivity index (χ1) is 7.90. The molecule has 96 valence electrons. The van der Waals surface area contributed by atoms with Crippen molar-refractivity contribution >= 4 is 17.3 Å². The van der Waals surface area contributed by atoms with E-state index >= 15 is 0 Å². The van der Waals surface area contributed by atoms with Gasteiger partial charge >= 0.3 is 0 Å². The highest BCUT2D eigenvalue weighted by molar-refractivity contribution is 6.31. The highest BCUT2D eigenvalue weighted by atomic mass is 35.5. The van der Waals surface area contributed by atoms with Crippen LogP contribution in [-0.2, 0) is 0 Å². The first-order valence-electron chi connectivity index (χ1n) is 5.77. The number of aliphatic hydroxyl groups excluding tert-OH is 2. The van der Waals surface area contributed by atoms with Crippen LogP contribution in [0.1, 0.15) is 19.4 Å². The summed E-state index contributed by atoms with van der Waals surface area (Å²) in [6.45, 7) is 6.39. The molecule has 0 heterocycles. The van der Waals surface area contributed by atoms with Crippen LogP contribution in [0, 0.1) is 6.92 Å². The molecule has 0 amide bonds. The maximum Gasteiger partial charge on any atom is 0.0687 e. The fourth-order valence-corrected chi connectivity index (χ4v) is 1.87. The molecule has 2 atom stereocenters. The molecule has 0 bridgehead atoms. The van der Waals surface area contributed by atoms with E-state index in [0.29, 0.717) is 13.1 Å². The number of rotatable bonds is 5. The van der Waals surface area contributed by atoms with Crippen molar-refractivity contribution in [3.8, 4) is 0 Å². The molecule has 0 aliphatic rings. The average molecular weight is 258 g/mol. The van der Waals surface area contributed by atoms with Crippen molar-refractivity contribution in [3.63, 3.8) is 0 Å². The van der Waals surface area contributed by atoms with Crippen molar-refractivity contribution in [2.45, 2.75) is 33.0 Å². The van der Waals surface area contributed by atoms with Gasteiger partial charge in [0.2, 0.25) is 0 Å². The Bertz CT molecular complexity index is 356. The summed E-state index contributed by atoms with van der Waals surface area (Å²) in [4.78, 5) is 1.96. The molecule has 0 radical (unpaired) electrons. The van der Waals surface area contributed by atoms with E-state index in [1.807, 2.05) is 30.0 Å². The first-order valence-corrected chi connectivity index (χ1v) is 6.15. The number of aryl methyl sites for hydroxylation is 1. The quantitative estimate of drug-likeness (QED) is 0.850. The van der Waals surface area contributed by atoms with Crippen LogP contribution in [0.2, 0.25) is 5.02 Å². The third kappa shape index (κ3) is 4.54. The van der Waals surface area contributed by atoms with E-state index in [1.165, 1.54) is 0 Å². The van der Waals surface area contributed by atoms with Crippen LogP contribution in [0.4, 0.5) is 5.69 Å². The molecule has 0 aliphatic heterocycles. The number of anilines is 1. The Morgan fingerprint density at radius 3 is 2.12 bits per heavy atom.